The van der Waals surface area contributed by atoms with Crippen molar-refractivity contribution in [3.63, 3.8) is 0 Å². The number of rotatable bonds is 5. The molecule has 0 aliphatic rings. The van der Waals surface area contributed by atoms with Gasteiger partial charge in [-0.3, -0.25) is 4.79 Å². The van der Waals surface area contributed by atoms with Crippen LogP contribution in [0.15, 0.2) is 34.8 Å². The molecule has 4 nitrogen and oxygen atoms in total. The first-order valence-corrected chi connectivity index (χ1v) is 8.02. The molecule has 1 aromatic carbocycles. The number of thiophene rings is 1. The van der Waals surface area contributed by atoms with Gasteiger partial charge in [0.25, 0.3) is 5.91 Å². The third kappa shape index (κ3) is 4.38. The lowest BCUT2D eigenvalue weighted by Gasteiger charge is -2.05. The summed E-state index contributed by atoms with van der Waals surface area (Å²) in [6.45, 7) is 0.397. The molecule has 2 aromatic rings. The highest BCUT2D eigenvalue weighted by Gasteiger charge is 2.10. The Hall–Kier alpha value is -1.73. The van der Waals surface area contributed by atoms with Gasteiger partial charge in [-0.1, -0.05) is 15.9 Å². The number of amides is 1. The molecule has 0 saturated carbocycles. The van der Waals surface area contributed by atoms with Crippen LogP contribution in [0.1, 0.15) is 24.9 Å². The van der Waals surface area contributed by atoms with E-state index in [1.165, 1.54) is 30.6 Å². The molecule has 0 radical (unpaired) electrons. The van der Waals surface area contributed by atoms with E-state index in [0.717, 1.165) is 4.88 Å². The number of carbonyl (C=O) groups excluding carboxylic acids is 2. The fourth-order valence-corrected chi connectivity index (χ4v) is 3.20. The number of carbonyl (C=O) groups is 2. The molecule has 1 aromatic heterocycles. The highest BCUT2D eigenvalue weighted by atomic mass is 79.9. The summed E-state index contributed by atoms with van der Waals surface area (Å²) < 4.78 is 18.4. The van der Waals surface area contributed by atoms with Crippen LogP contribution in [0.4, 0.5) is 4.39 Å². The van der Waals surface area contributed by atoms with Crippen molar-refractivity contribution in [3.8, 4) is 0 Å². The number of ether oxygens (including phenoxy) is 1. The zero-order valence-corrected chi connectivity index (χ0v) is 14.1. The van der Waals surface area contributed by atoms with E-state index < -0.39 is 5.82 Å². The summed E-state index contributed by atoms with van der Waals surface area (Å²) in [6.07, 6.45) is 0.587. The molecule has 0 aliphatic heterocycles. The third-order valence-corrected chi connectivity index (χ3v) is 4.41. The van der Waals surface area contributed by atoms with Crippen LogP contribution < -0.4 is 5.32 Å². The minimum atomic E-state index is -0.472. The average Bonchev–Trinajstić information content (AvgIpc) is 2.94. The van der Waals surface area contributed by atoms with Crippen molar-refractivity contribution in [2.75, 3.05) is 13.7 Å². The zero-order valence-electron chi connectivity index (χ0n) is 11.7. The Balaban J connectivity index is 1.89. The second-order valence-corrected chi connectivity index (χ2v) is 6.51. The molecule has 1 N–H and O–H groups in total. The maximum Gasteiger partial charge on any atom is 0.348 e. The molecule has 22 heavy (non-hydrogen) atoms. The van der Waals surface area contributed by atoms with E-state index in [2.05, 4.69) is 26.0 Å². The maximum absolute atomic E-state index is 13.2. The van der Waals surface area contributed by atoms with Crippen LogP contribution in [-0.2, 0) is 11.2 Å². The van der Waals surface area contributed by atoms with Crippen LogP contribution in [0.25, 0.3) is 0 Å². The fraction of sp³-hybridized carbons (Fsp3) is 0.200. The molecule has 0 saturated heterocycles. The normalized spacial score (nSPS) is 10.3. The first-order valence-electron chi connectivity index (χ1n) is 6.41. The van der Waals surface area contributed by atoms with Gasteiger partial charge in [0.05, 0.1) is 7.11 Å². The van der Waals surface area contributed by atoms with Gasteiger partial charge in [0.2, 0.25) is 0 Å². The minimum Gasteiger partial charge on any atom is -0.465 e. The SMILES string of the molecule is COC(=O)c1ccc(CCNC(=O)c2cc(F)cc(Br)c2)s1. The molecule has 1 amide bonds. The van der Waals surface area contributed by atoms with Crippen molar-refractivity contribution < 1.29 is 18.7 Å². The van der Waals surface area contributed by atoms with Crippen molar-refractivity contribution in [2.24, 2.45) is 0 Å². The van der Waals surface area contributed by atoms with Crippen molar-refractivity contribution in [1.82, 2.24) is 5.32 Å². The van der Waals surface area contributed by atoms with Gasteiger partial charge < -0.3 is 10.1 Å². The monoisotopic (exact) mass is 385 g/mol. The minimum absolute atomic E-state index is 0.258. The van der Waals surface area contributed by atoms with Gasteiger partial charge in [0.15, 0.2) is 0 Å². The van der Waals surface area contributed by atoms with E-state index in [-0.39, 0.29) is 17.4 Å². The summed E-state index contributed by atoms with van der Waals surface area (Å²) in [4.78, 5) is 24.8. The lowest BCUT2D eigenvalue weighted by atomic mass is 10.2. The Morgan fingerprint density at radius 2 is 2.09 bits per heavy atom. The molecular formula is C15H13BrFNO3S. The van der Waals surface area contributed by atoms with Gasteiger partial charge in [-0.15, -0.1) is 11.3 Å². The highest BCUT2D eigenvalue weighted by molar-refractivity contribution is 9.10. The first-order chi connectivity index (χ1) is 10.5. The van der Waals surface area contributed by atoms with Crippen LogP contribution in [0.2, 0.25) is 0 Å². The quantitative estimate of drug-likeness (QED) is 0.802. The Bertz CT molecular complexity index is 682. The van der Waals surface area contributed by atoms with Crippen LogP contribution in [0.5, 0.6) is 0 Å². The Morgan fingerprint density at radius 1 is 1.32 bits per heavy atom. The summed E-state index contributed by atoms with van der Waals surface area (Å²) >= 11 is 4.47. The molecule has 0 spiro atoms. The van der Waals surface area contributed by atoms with E-state index >= 15 is 0 Å². The number of benzene rings is 1. The smallest absolute Gasteiger partial charge is 0.348 e. The molecule has 0 unspecified atom stereocenters. The van der Waals surface area contributed by atoms with Crippen LogP contribution in [-0.4, -0.2) is 25.5 Å². The van der Waals surface area contributed by atoms with Crippen molar-refractivity contribution in [1.29, 1.82) is 0 Å². The standard InChI is InChI=1S/C15H13BrFNO3S/c1-21-15(20)13-3-2-12(22-13)4-5-18-14(19)9-6-10(16)8-11(17)7-9/h2-3,6-8H,4-5H2,1H3,(H,18,19). The molecule has 116 valence electrons. The lowest BCUT2D eigenvalue weighted by molar-refractivity contribution is 0.0606. The largest absolute Gasteiger partial charge is 0.465 e. The average molecular weight is 386 g/mol. The third-order valence-electron chi connectivity index (χ3n) is 2.83. The van der Waals surface area contributed by atoms with Crippen LogP contribution in [0.3, 0.4) is 0 Å². The van der Waals surface area contributed by atoms with Crippen molar-refractivity contribution in [3.05, 3.63) is 55.9 Å². The molecule has 0 aliphatic carbocycles. The number of nitrogens with one attached hydrogen (secondary N) is 1. The van der Waals surface area contributed by atoms with Crippen molar-refractivity contribution >= 4 is 39.1 Å². The molecule has 0 atom stereocenters. The summed E-state index contributed by atoms with van der Waals surface area (Å²) in [5, 5.41) is 2.72. The first kappa shape index (κ1) is 16.6. The molecule has 1 heterocycles. The second kappa shape index (κ2) is 7.51. The molecule has 7 heteroatoms. The summed E-state index contributed by atoms with van der Waals surface area (Å²) in [5.41, 5.74) is 0.258. The number of halogens is 2. The Morgan fingerprint density at radius 3 is 2.77 bits per heavy atom. The highest BCUT2D eigenvalue weighted by Crippen LogP contribution is 2.18. The Kier molecular flexibility index (Phi) is 5.68. The number of esters is 1. The van der Waals surface area contributed by atoms with Gasteiger partial charge in [0, 0.05) is 21.5 Å². The predicted molar refractivity (Wildman–Crippen MR) is 85.8 cm³/mol. The predicted octanol–water partition coefficient (Wildman–Crippen LogP) is 3.41. The van der Waals surface area contributed by atoms with Crippen LogP contribution in [0, 0.1) is 5.82 Å². The van der Waals surface area contributed by atoms with E-state index in [1.54, 1.807) is 12.1 Å². The lowest BCUT2D eigenvalue weighted by Crippen LogP contribution is -2.25. The number of methoxy groups -OCH3 is 1. The summed E-state index contributed by atoms with van der Waals surface area (Å²) in [5.74, 6) is -1.18. The van der Waals surface area contributed by atoms with E-state index in [9.17, 15) is 14.0 Å². The van der Waals surface area contributed by atoms with Crippen LogP contribution >= 0.6 is 27.3 Å². The fourth-order valence-electron chi connectivity index (χ4n) is 1.81. The van der Waals surface area contributed by atoms with Gasteiger partial charge >= 0.3 is 5.97 Å². The summed E-state index contributed by atoms with van der Waals surface area (Å²) in [7, 11) is 1.33. The Labute approximate surface area is 139 Å². The van der Waals surface area contributed by atoms with Crippen molar-refractivity contribution in [2.45, 2.75) is 6.42 Å². The van der Waals surface area contributed by atoms with E-state index in [1.807, 2.05) is 6.07 Å². The van der Waals surface area contributed by atoms with Gasteiger partial charge in [0.1, 0.15) is 10.7 Å². The maximum atomic E-state index is 13.2. The molecular weight excluding hydrogens is 373 g/mol. The second-order valence-electron chi connectivity index (χ2n) is 4.42. The van der Waals surface area contributed by atoms with Gasteiger partial charge in [-0.25, -0.2) is 9.18 Å². The number of hydrogen-bond acceptors (Lipinski definition) is 4. The van der Waals surface area contributed by atoms with E-state index in [4.69, 9.17) is 0 Å². The molecule has 2 rings (SSSR count). The van der Waals surface area contributed by atoms with Gasteiger partial charge in [-0.05, 0) is 36.8 Å². The zero-order chi connectivity index (χ0) is 16.1. The summed E-state index contributed by atoms with van der Waals surface area (Å²) in [6, 6.07) is 7.54. The number of hydrogen-bond donors (Lipinski definition) is 1. The molecule has 0 fully saturated rings. The molecule has 0 bridgehead atoms. The topological polar surface area (TPSA) is 55.4 Å². The van der Waals surface area contributed by atoms with Gasteiger partial charge in [-0.2, -0.15) is 0 Å². The van der Waals surface area contributed by atoms with E-state index in [0.29, 0.717) is 22.3 Å².